The van der Waals surface area contributed by atoms with E-state index in [4.69, 9.17) is 10.8 Å². The quantitative estimate of drug-likeness (QED) is 0.743. The van der Waals surface area contributed by atoms with Crippen molar-refractivity contribution in [2.45, 2.75) is 39.0 Å². The Morgan fingerprint density at radius 2 is 2.21 bits per heavy atom. The van der Waals surface area contributed by atoms with E-state index in [1.54, 1.807) is 6.07 Å². The fraction of sp³-hybridized carbons (Fsp3) is 0.462. The van der Waals surface area contributed by atoms with Gasteiger partial charge in [0.1, 0.15) is 5.82 Å². The number of benzene rings is 1. The summed E-state index contributed by atoms with van der Waals surface area (Å²) in [6.45, 7) is 1.80. The summed E-state index contributed by atoms with van der Waals surface area (Å²) in [5, 5.41) is 11.5. The van der Waals surface area contributed by atoms with E-state index in [2.05, 4.69) is 5.32 Å². The predicted octanol–water partition coefficient (Wildman–Crippen LogP) is 1.48. The maximum Gasteiger partial charge on any atom is 0.220 e. The molecule has 0 saturated carbocycles. The highest BCUT2D eigenvalue weighted by Crippen LogP contribution is 2.10. The molecule has 1 rings (SSSR count). The molecular formula is C13H20ClFN2O2. The Hall–Kier alpha value is -1.17. The molecule has 108 valence electrons. The maximum atomic E-state index is 13.3. The number of aliphatic hydroxyl groups excluding tert-OH is 1. The summed E-state index contributed by atoms with van der Waals surface area (Å²) in [6.07, 6.45) is 0.999. The number of rotatable bonds is 6. The van der Waals surface area contributed by atoms with Gasteiger partial charge in [0, 0.05) is 24.6 Å². The Bertz CT molecular complexity index is 414. The second-order valence-electron chi connectivity index (χ2n) is 4.38. The Kier molecular flexibility index (Phi) is 8.30. The fourth-order valence-electron chi connectivity index (χ4n) is 1.48. The van der Waals surface area contributed by atoms with Crippen LogP contribution in [0.15, 0.2) is 18.2 Å². The molecular weight excluding hydrogens is 271 g/mol. The average molecular weight is 291 g/mol. The molecule has 1 aromatic carbocycles. The lowest BCUT2D eigenvalue weighted by molar-refractivity contribution is -0.121. The number of nitrogens with two attached hydrogens (primary N) is 1. The number of halogens is 2. The zero-order valence-corrected chi connectivity index (χ0v) is 11.7. The second-order valence-corrected chi connectivity index (χ2v) is 4.38. The highest BCUT2D eigenvalue weighted by atomic mass is 35.5. The molecule has 0 radical (unpaired) electrons. The van der Waals surface area contributed by atoms with Crippen LogP contribution in [0.5, 0.6) is 0 Å². The first-order valence-corrected chi connectivity index (χ1v) is 5.93. The van der Waals surface area contributed by atoms with Gasteiger partial charge in [-0.05, 0) is 25.0 Å². The van der Waals surface area contributed by atoms with E-state index in [1.807, 2.05) is 6.92 Å². The van der Waals surface area contributed by atoms with Crippen molar-refractivity contribution < 1.29 is 14.3 Å². The summed E-state index contributed by atoms with van der Waals surface area (Å²) in [7, 11) is 0. The van der Waals surface area contributed by atoms with Crippen LogP contribution in [-0.2, 0) is 17.9 Å². The van der Waals surface area contributed by atoms with E-state index >= 15 is 0 Å². The van der Waals surface area contributed by atoms with Gasteiger partial charge in [-0.3, -0.25) is 4.79 Å². The minimum atomic E-state index is -0.458. The van der Waals surface area contributed by atoms with Crippen LogP contribution in [0, 0.1) is 5.82 Å². The Morgan fingerprint density at radius 3 is 2.74 bits per heavy atom. The Morgan fingerprint density at radius 1 is 1.53 bits per heavy atom. The van der Waals surface area contributed by atoms with Gasteiger partial charge in [-0.25, -0.2) is 4.39 Å². The van der Waals surface area contributed by atoms with Gasteiger partial charge in [0.2, 0.25) is 5.91 Å². The lowest BCUT2D eigenvalue weighted by atomic mass is 10.1. The molecule has 1 atom stereocenters. The standard InChI is InChI=1S/C13H19FN2O2.ClH/c1-9(15)2-5-13(18)16-7-10-3-4-11(8-17)12(14)6-10;/h3-4,6,9,17H,2,5,7-8,15H2,1H3,(H,16,18);1H. The molecule has 0 aliphatic heterocycles. The van der Waals surface area contributed by atoms with Crippen molar-refractivity contribution >= 4 is 18.3 Å². The van der Waals surface area contributed by atoms with Crippen molar-refractivity contribution in [1.82, 2.24) is 5.32 Å². The number of hydrogen-bond donors (Lipinski definition) is 3. The number of carbonyl (C=O) groups is 1. The van der Waals surface area contributed by atoms with Crippen molar-refractivity contribution in [3.05, 3.63) is 35.1 Å². The second kappa shape index (κ2) is 8.85. The van der Waals surface area contributed by atoms with Gasteiger partial charge in [-0.2, -0.15) is 0 Å². The molecule has 0 spiro atoms. The van der Waals surface area contributed by atoms with E-state index in [-0.39, 0.29) is 43.1 Å². The number of carbonyl (C=O) groups excluding carboxylic acids is 1. The normalized spacial score (nSPS) is 11.6. The first kappa shape index (κ1) is 17.8. The summed E-state index contributed by atoms with van der Waals surface area (Å²) in [4.78, 5) is 11.4. The third-order valence-corrected chi connectivity index (χ3v) is 2.60. The average Bonchev–Trinajstić information content (AvgIpc) is 2.34. The summed E-state index contributed by atoms with van der Waals surface area (Å²) in [5.41, 5.74) is 6.46. The minimum Gasteiger partial charge on any atom is -0.392 e. The molecule has 1 amide bonds. The van der Waals surface area contributed by atoms with Crippen LogP contribution in [0.2, 0.25) is 0 Å². The highest BCUT2D eigenvalue weighted by Gasteiger charge is 2.05. The maximum absolute atomic E-state index is 13.3. The van der Waals surface area contributed by atoms with Crippen LogP contribution in [0.1, 0.15) is 30.9 Å². The number of amides is 1. The van der Waals surface area contributed by atoms with Crippen LogP contribution >= 0.6 is 12.4 Å². The Labute approximate surface area is 118 Å². The van der Waals surface area contributed by atoms with Gasteiger partial charge in [0.05, 0.1) is 6.61 Å². The van der Waals surface area contributed by atoms with Crippen LogP contribution < -0.4 is 11.1 Å². The summed E-state index contributed by atoms with van der Waals surface area (Å²) < 4.78 is 13.3. The first-order chi connectivity index (χ1) is 8.52. The smallest absolute Gasteiger partial charge is 0.220 e. The predicted molar refractivity (Wildman–Crippen MR) is 74.3 cm³/mol. The third kappa shape index (κ3) is 6.52. The van der Waals surface area contributed by atoms with Crippen molar-refractivity contribution in [3.8, 4) is 0 Å². The van der Waals surface area contributed by atoms with Gasteiger partial charge in [-0.15, -0.1) is 12.4 Å². The minimum absolute atomic E-state index is 0. The van der Waals surface area contributed by atoms with Crippen LogP contribution in [0.4, 0.5) is 4.39 Å². The molecule has 0 heterocycles. The fourth-order valence-corrected chi connectivity index (χ4v) is 1.48. The van der Waals surface area contributed by atoms with Gasteiger partial charge in [0.25, 0.3) is 0 Å². The van der Waals surface area contributed by atoms with Crippen molar-refractivity contribution in [2.75, 3.05) is 0 Å². The van der Waals surface area contributed by atoms with Crippen LogP contribution in [0.25, 0.3) is 0 Å². The molecule has 0 saturated heterocycles. The molecule has 0 bridgehead atoms. The number of hydrogen-bond acceptors (Lipinski definition) is 3. The Balaban J connectivity index is 0.00000324. The molecule has 0 aliphatic carbocycles. The van der Waals surface area contributed by atoms with Gasteiger partial charge in [-0.1, -0.05) is 12.1 Å². The summed E-state index contributed by atoms with van der Waals surface area (Å²) in [5.74, 6) is -0.557. The van der Waals surface area contributed by atoms with Crippen LogP contribution in [0.3, 0.4) is 0 Å². The SMILES string of the molecule is CC(N)CCC(=O)NCc1ccc(CO)c(F)c1.Cl. The van der Waals surface area contributed by atoms with Gasteiger partial charge in [0.15, 0.2) is 0 Å². The lowest BCUT2D eigenvalue weighted by Crippen LogP contribution is -2.25. The topological polar surface area (TPSA) is 75.4 Å². The van der Waals surface area contributed by atoms with Crippen molar-refractivity contribution in [2.24, 2.45) is 5.73 Å². The van der Waals surface area contributed by atoms with E-state index in [9.17, 15) is 9.18 Å². The molecule has 4 N–H and O–H groups in total. The molecule has 1 aromatic rings. The molecule has 19 heavy (non-hydrogen) atoms. The number of aliphatic hydroxyl groups is 1. The number of nitrogens with one attached hydrogen (secondary N) is 1. The van der Waals surface area contributed by atoms with Gasteiger partial charge >= 0.3 is 0 Å². The monoisotopic (exact) mass is 290 g/mol. The van der Waals surface area contributed by atoms with Crippen molar-refractivity contribution in [3.63, 3.8) is 0 Å². The largest absolute Gasteiger partial charge is 0.392 e. The molecule has 4 nitrogen and oxygen atoms in total. The van der Waals surface area contributed by atoms with Crippen molar-refractivity contribution in [1.29, 1.82) is 0 Å². The van der Waals surface area contributed by atoms with Gasteiger partial charge < -0.3 is 16.2 Å². The third-order valence-electron chi connectivity index (χ3n) is 2.60. The molecule has 0 aromatic heterocycles. The molecule has 0 fully saturated rings. The zero-order valence-electron chi connectivity index (χ0n) is 10.9. The highest BCUT2D eigenvalue weighted by molar-refractivity contribution is 5.85. The molecule has 1 unspecified atom stereocenters. The molecule has 6 heteroatoms. The van der Waals surface area contributed by atoms with Crippen LogP contribution in [-0.4, -0.2) is 17.1 Å². The summed E-state index contributed by atoms with van der Waals surface area (Å²) >= 11 is 0. The van der Waals surface area contributed by atoms with E-state index < -0.39 is 5.82 Å². The first-order valence-electron chi connectivity index (χ1n) is 5.93. The van der Waals surface area contributed by atoms with E-state index in [0.29, 0.717) is 18.4 Å². The van der Waals surface area contributed by atoms with E-state index in [0.717, 1.165) is 0 Å². The van der Waals surface area contributed by atoms with E-state index in [1.165, 1.54) is 12.1 Å². The summed E-state index contributed by atoms with van der Waals surface area (Å²) in [6, 6.07) is 4.51. The lowest BCUT2D eigenvalue weighted by Gasteiger charge is -2.08. The zero-order chi connectivity index (χ0) is 13.5. The molecule has 0 aliphatic rings.